The molecule has 2 saturated heterocycles. The van der Waals surface area contributed by atoms with Crippen molar-refractivity contribution < 1.29 is 9.90 Å². The molecule has 3 rings (SSSR count). The minimum Gasteiger partial charge on any atom is -0.481 e. The predicted octanol–water partition coefficient (Wildman–Crippen LogP) is 1.98. The Labute approximate surface area is 124 Å². The Hall–Kier alpha value is -0.910. The molecule has 2 aliphatic heterocycles. The van der Waals surface area contributed by atoms with Crippen molar-refractivity contribution >= 4 is 17.3 Å². The first kappa shape index (κ1) is 14.0. The molecule has 110 valence electrons. The summed E-state index contributed by atoms with van der Waals surface area (Å²) in [5, 5.41) is 14.0. The van der Waals surface area contributed by atoms with Crippen molar-refractivity contribution in [1.82, 2.24) is 9.80 Å². The fraction of sp³-hybridized carbons (Fsp3) is 0.667. The summed E-state index contributed by atoms with van der Waals surface area (Å²) in [5.41, 5.74) is 0.835. The molecule has 2 fully saturated rings. The van der Waals surface area contributed by atoms with Crippen LogP contribution >= 0.6 is 11.3 Å². The first-order valence-corrected chi connectivity index (χ1v) is 8.20. The minimum atomic E-state index is -0.593. The average molecular weight is 294 g/mol. The highest BCUT2D eigenvalue weighted by atomic mass is 32.1. The van der Waals surface area contributed by atoms with E-state index in [2.05, 4.69) is 26.6 Å². The van der Waals surface area contributed by atoms with E-state index in [-0.39, 0.29) is 5.92 Å². The van der Waals surface area contributed by atoms with Gasteiger partial charge >= 0.3 is 5.97 Å². The quantitative estimate of drug-likeness (QED) is 0.926. The van der Waals surface area contributed by atoms with Crippen molar-refractivity contribution in [3.63, 3.8) is 0 Å². The van der Waals surface area contributed by atoms with Gasteiger partial charge in [0.1, 0.15) is 0 Å². The first-order valence-electron chi connectivity index (χ1n) is 7.25. The molecule has 3 heterocycles. The van der Waals surface area contributed by atoms with Gasteiger partial charge in [-0.1, -0.05) is 0 Å². The third-order valence-electron chi connectivity index (χ3n) is 4.85. The summed E-state index contributed by atoms with van der Waals surface area (Å²) in [5.74, 6) is -0.338. The fourth-order valence-electron chi connectivity index (χ4n) is 3.90. The molecule has 0 unspecified atom stereocenters. The number of carboxylic acids is 1. The van der Waals surface area contributed by atoms with Gasteiger partial charge in [-0.05, 0) is 48.8 Å². The Morgan fingerprint density at radius 1 is 1.55 bits per heavy atom. The lowest BCUT2D eigenvalue weighted by Gasteiger charge is -2.29. The van der Waals surface area contributed by atoms with Gasteiger partial charge in [0.05, 0.1) is 5.41 Å². The highest BCUT2D eigenvalue weighted by Crippen LogP contribution is 2.42. The lowest BCUT2D eigenvalue weighted by Crippen LogP contribution is -2.41. The molecular weight excluding hydrogens is 272 g/mol. The number of carboxylic acid groups (broad SMARTS) is 1. The second-order valence-electron chi connectivity index (χ2n) is 6.33. The maximum absolute atomic E-state index is 11.8. The van der Waals surface area contributed by atoms with Crippen molar-refractivity contribution in [3.05, 3.63) is 22.4 Å². The largest absolute Gasteiger partial charge is 0.481 e. The Morgan fingerprint density at radius 2 is 2.40 bits per heavy atom. The monoisotopic (exact) mass is 294 g/mol. The van der Waals surface area contributed by atoms with E-state index < -0.39 is 11.4 Å². The lowest BCUT2D eigenvalue weighted by molar-refractivity contribution is -0.150. The van der Waals surface area contributed by atoms with Gasteiger partial charge in [0.15, 0.2) is 0 Å². The number of hydrogen-bond acceptors (Lipinski definition) is 4. The van der Waals surface area contributed by atoms with E-state index in [1.54, 1.807) is 11.3 Å². The second-order valence-corrected chi connectivity index (χ2v) is 7.11. The fourth-order valence-corrected chi connectivity index (χ4v) is 4.56. The minimum absolute atomic E-state index is 0.256. The molecule has 0 amide bonds. The van der Waals surface area contributed by atoms with Gasteiger partial charge in [-0.25, -0.2) is 0 Å². The van der Waals surface area contributed by atoms with E-state index in [0.717, 1.165) is 39.0 Å². The van der Waals surface area contributed by atoms with Crippen LogP contribution in [0.2, 0.25) is 0 Å². The van der Waals surface area contributed by atoms with E-state index in [4.69, 9.17) is 0 Å². The van der Waals surface area contributed by atoms with Crippen LogP contribution in [0.3, 0.4) is 0 Å². The van der Waals surface area contributed by atoms with Crippen LogP contribution in [0.5, 0.6) is 0 Å². The Kier molecular flexibility index (Phi) is 3.84. The van der Waals surface area contributed by atoms with Gasteiger partial charge < -0.3 is 10.0 Å². The maximum atomic E-state index is 11.8. The van der Waals surface area contributed by atoms with Crippen LogP contribution < -0.4 is 0 Å². The summed E-state index contributed by atoms with van der Waals surface area (Å²) in [7, 11) is 2.04. The summed E-state index contributed by atoms with van der Waals surface area (Å²) < 4.78 is 0. The van der Waals surface area contributed by atoms with Crippen LogP contribution in [0, 0.1) is 11.3 Å². The van der Waals surface area contributed by atoms with Gasteiger partial charge in [-0.3, -0.25) is 9.69 Å². The van der Waals surface area contributed by atoms with Gasteiger partial charge in [0, 0.05) is 32.1 Å². The molecule has 0 saturated carbocycles. The first-order chi connectivity index (χ1) is 9.60. The maximum Gasteiger partial charge on any atom is 0.311 e. The number of hydrogen-bond donors (Lipinski definition) is 1. The smallest absolute Gasteiger partial charge is 0.311 e. The predicted molar refractivity (Wildman–Crippen MR) is 79.9 cm³/mol. The number of nitrogens with zero attached hydrogens (tertiary/aromatic N) is 2. The van der Waals surface area contributed by atoms with E-state index in [9.17, 15) is 9.90 Å². The normalized spacial score (nSPS) is 31.9. The third kappa shape index (κ3) is 2.50. The Morgan fingerprint density at radius 3 is 3.10 bits per heavy atom. The molecule has 1 N–H and O–H groups in total. The Balaban J connectivity index is 1.76. The molecule has 5 heteroatoms. The number of aliphatic carboxylic acids is 1. The van der Waals surface area contributed by atoms with Crippen molar-refractivity contribution in [2.45, 2.75) is 19.4 Å². The average Bonchev–Trinajstić information content (AvgIpc) is 2.95. The van der Waals surface area contributed by atoms with E-state index in [0.29, 0.717) is 6.54 Å². The standard InChI is InChI=1S/C15H22N2O2S/c1-16-8-13-9-17(7-12-3-6-20-10-12)5-2-4-15(13,11-16)14(18)19/h3,6,10,13H,2,4-5,7-9,11H2,1H3,(H,18,19)/t13-,15+/m1/s1. The van der Waals surface area contributed by atoms with Crippen molar-refractivity contribution in [2.75, 3.05) is 33.2 Å². The van der Waals surface area contributed by atoms with Crippen molar-refractivity contribution in [2.24, 2.45) is 11.3 Å². The van der Waals surface area contributed by atoms with Gasteiger partial charge in [0.25, 0.3) is 0 Å². The zero-order valence-corrected chi connectivity index (χ0v) is 12.7. The van der Waals surface area contributed by atoms with Gasteiger partial charge in [-0.15, -0.1) is 0 Å². The van der Waals surface area contributed by atoms with Crippen LogP contribution in [0.1, 0.15) is 18.4 Å². The van der Waals surface area contributed by atoms with E-state index >= 15 is 0 Å². The summed E-state index contributed by atoms with van der Waals surface area (Å²) in [6.45, 7) is 4.50. The van der Waals surface area contributed by atoms with Crippen LogP contribution in [0.25, 0.3) is 0 Å². The molecule has 20 heavy (non-hydrogen) atoms. The van der Waals surface area contributed by atoms with Crippen LogP contribution in [0.4, 0.5) is 0 Å². The highest BCUT2D eigenvalue weighted by Gasteiger charge is 2.52. The molecular formula is C15H22N2O2S. The molecule has 0 bridgehead atoms. The third-order valence-corrected chi connectivity index (χ3v) is 5.59. The molecule has 1 aromatic rings. The van der Waals surface area contributed by atoms with Crippen LogP contribution in [-0.2, 0) is 11.3 Å². The molecule has 0 aromatic carbocycles. The van der Waals surface area contributed by atoms with E-state index in [1.807, 2.05) is 7.05 Å². The Bertz CT molecular complexity index is 476. The van der Waals surface area contributed by atoms with Crippen molar-refractivity contribution in [3.8, 4) is 0 Å². The van der Waals surface area contributed by atoms with Crippen molar-refractivity contribution in [1.29, 1.82) is 0 Å². The molecule has 2 aliphatic rings. The molecule has 0 spiro atoms. The summed E-state index contributed by atoms with van der Waals surface area (Å²) >= 11 is 1.73. The molecule has 2 atom stereocenters. The van der Waals surface area contributed by atoms with E-state index in [1.165, 1.54) is 5.56 Å². The zero-order valence-electron chi connectivity index (χ0n) is 11.9. The number of fused-ring (bicyclic) bond motifs is 1. The number of likely N-dealkylation sites (tertiary alicyclic amines) is 2. The molecule has 4 nitrogen and oxygen atoms in total. The van der Waals surface area contributed by atoms with Gasteiger partial charge in [0.2, 0.25) is 0 Å². The number of carbonyl (C=O) groups is 1. The summed E-state index contributed by atoms with van der Waals surface area (Å²) in [6, 6.07) is 2.17. The zero-order chi connectivity index (χ0) is 14.2. The molecule has 0 radical (unpaired) electrons. The topological polar surface area (TPSA) is 43.8 Å². The summed E-state index contributed by atoms with van der Waals surface area (Å²) in [4.78, 5) is 16.5. The SMILES string of the molecule is CN1C[C@@H]2CN(Cc3ccsc3)CCC[C@]2(C(=O)O)C1. The lowest BCUT2D eigenvalue weighted by atomic mass is 9.75. The van der Waals surface area contributed by atoms with Crippen LogP contribution in [-0.4, -0.2) is 54.1 Å². The molecule has 0 aliphatic carbocycles. The number of rotatable bonds is 3. The van der Waals surface area contributed by atoms with Gasteiger partial charge in [-0.2, -0.15) is 11.3 Å². The van der Waals surface area contributed by atoms with Crippen LogP contribution in [0.15, 0.2) is 16.8 Å². The highest BCUT2D eigenvalue weighted by molar-refractivity contribution is 7.07. The molecule has 1 aromatic heterocycles. The summed E-state index contributed by atoms with van der Waals surface area (Å²) in [6.07, 6.45) is 1.80. The second kappa shape index (κ2) is 5.47. The number of thiophene rings is 1.